The normalized spacial score (nSPS) is 11.9. The molecule has 158 valence electrons. The van der Waals surface area contributed by atoms with Crippen LogP contribution in [0.25, 0.3) is 0 Å². The highest BCUT2D eigenvalue weighted by Gasteiger charge is 2.30. The lowest BCUT2D eigenvalue weighted by atomic mass is 10.2. The van der Waals surface area contributed by atoms with Crippen molar-refractivity contribution >= 4 is 33.0 Å². The molecule has 0 atom stereocenters. The van der Waals surface area contributed by atoms with Crippen molar-refractivity contribution < 1.29 is 21.6 Å². The summed E-state index contributed by atoms with van der Waals surface area (Å²) in [4.78, 5) is 9.92. The van der Waals surface area contributed by atoms with E-state index in [1.807, 2.05) is 6.92 Å². The minimum atomic E-state index is -4.50. The third-order valence-electron chi connectivity index (χ3n) is 3.97. The van der Waals surface area contributed by atoms with E-state index in [1.54, 1.807) is 12.1 Å². The summed E-state index contributed by atoms with van der Waals surface area (Å²) in [7, 11) is -3.91. The van der Waals surface area contributed by atoms with Crippen LogP contribution < -0.4 is 21.3 Å². The third-order valence-corrected chi connectivity index (χ3v) is 5.24. The van der Waals surface area contributed by atoms with Crippen molar-refractivity contribution in [1.29, 1.82) is 0 Å². The van der Waals surface area contributed by atoms with Crippen LogP contribution in [0.4, 0.5) is 36.2 Å². The first-order chi connectivity index (χ1) is 14.1. The van der Waals surface area contributed by atoms with E-state index in [9.17, 15) is 21.6 Å². The SMILES string of the molecule is Cc1ccc(S(=O)(=O)NNc2ncnc(Nc3cccc(C(F)(F)F)c3)c2N)cc1. The molecule has 3 aromatic rings. The van der Waals surface area contributed by atoms with E-state index >= 15 is 0 Å². The molecule has 0 aliphatic rings. The molecule has 12 heteroatoms. The smallest absolute Gasteiger partial charge is 0.393 e. The van der Waals surface area contributed by atoms with Gasteiger partial charge in [-0.2, -0.15) is 13.2 Å². The van der Waals surface area contributed by atoms with E-state index in [1.165, 1.54) is 24.3 Å². The van der Waals surface area contributed by atoms with E-state index in [2.05, 4.69) is 25.5 Å². The molecule has 8 nitrogen and oxygen atoms in total. The monoisotopic (exact) mass is 438 g/mol. The van der Waals surface area contributed by atoms with E-state index in [-0.39, 0.29) is 27.9 Å². The standard InChI is InChI=1S/C18H17F3N6O2S/c1-11-5-7-14(8-6-11)30(28,29)27-26-17-15(22)16(23-10-24-17)25-13-4-2-3-12(9-13)18(19,20)21/h2-10,27H,22H2,1H3,(H2,23,24,25,26). The van der Waals surface area contributed by atoms with Gasteiger partial charge in [0.25, 0.3) is 10.0 Å². The molecule has 0 spiro atoms. The summed E-state index contributed by atoms with van der Waals surface area (Å²) in [6, 6.07) is 10.6. The average Bonchev–Trinajstić information content (AvgIpc) is 2.69. The molecule has 0 aliphatic heterocycles. The van der Waals surface area contributed by atoms with Crippen LogP contribution in [0.5, 0.6) is 0 Å². The molecule has 0 fully saturated rings. The van der Waals surface area contributed by atoms with E-state index in [4.69, 9.17) is 5.73 Å². The molecule has 0 saturated carbocycles. The van der Waals surface area contributed by atoms with Gasteiger partial charge in [-0.25, -0.2) is 18.4 Å². The van der Waals surface area contributed by atoms with Crippen LogP contribution in [0, 0.1) is 6.92 Å². The van der Waals surface area contributed by atoms with Gasteiger partial charge in [-0.15, -0.1) is 4.83 Å². The Morgan fingerprint density at radius 2 is 1.67 bits per heavy atom. The molecule has 1 aromatic heterocycles. The number of alkyl halides is 3. The highest BCUT2D eigenvalue weighted by molar-refractivity contribution is 7.89. The first kappa shape index (κ1) is 21.3. The predicted octanol–water partition coefficient (Wildman–Crippen LogP) is 3.44. The average molecular weight is 438 g/mol. The van der Waals surface area contributed by atoms with Crippen LogP contribution in [-0.2, 0) is 16.2 Å². The van der Waals surface area contributed by atoms with Crippen LogP contribution in [0.15, 0.2) is 59.8 Å². The lowest BCUT2D eigenvalue weighted by Gasteiger charge is -2.14. The van der Waals surface area contributed by atoms with Crippen molar-refractivity contribution in [3.05, 3.63) is 66.0 Å². The van der Waals surface area contributed by atoms with Crippen LogP contribution >= 0.6 is 0 Å². The number of nitrogen functional groups attached to an aromatic ring is 1. The summed E-state index contributed by atoms with van der Waals surface area (Å²) in [6.45, 7) is 1.82. The highest BCUT2D eigenvalue weighted by Crippen LogP contribution is 2.32. The van der Waals surface area contributed by atoms with Crippen molar-refractivity contribution in [2.45, 2.75) is 18.0 Å². The number of rotatable bonds is 6. The quantitative estimate of drug-likeness (QED) is 0.435. The molecule has 0 unspecified atom stereocenters. The Morgan fingerprint density at radius 3 is 2.33 bits per heavy atom. The maximum atomic E-state index is 12.9. The number of halogens is 3. The van der Waals surface area contributed by atoms with Gasteiger partial charge in [0, 0.05) is 5.69 Å². The lowest BCUT2D eigenvalue weighted by molar-refractivity contribution is -0.137. The fourth-order valence-corrected chi connectivity index (χ4v) is 3.24. The number of anilines is 4. The summed E-state index contributed by atoms with van der Waals surface area (Å²) in [5.41, 5.74) is 8.39. The Bertz CT molecular complexity index is 1150. The van der Waals surface area contributed by atoms with E-state index in [0.717, 1.165) is 24.0 Å². The summed E-state index contributed by atoms with van der Waals surface area (Å²) in [5, 5.41) is 2.67. The van der Waals surface area contributed by atoms with Crippen molar-refractivity contribution in [2.75, 3.05) is 16.5 Å². The van der Waals surface area contributed by atoms with Gasteiger partial charge in [0.1, 0.15) is 12.0 Å². The number of aryl methyl sites for hydroxylation is 1. The Labute approximate surface area is 170 Å². The molecule has 2 aromatic carbocycles. The van der Waals surface area contributed by atoms with Crippen molar-refractivity contribution in [3.8, 4) is 0 Å². The molecule has 5 N–H and O–H groups in total. The number of sulfonamides is 1. The molecular formula is C18H17F3N6O2S. The summed E-state index contributed by atoms with van der Waals surface area (Å²) < 4.78 is 63.3. The number of hydrazine groups is 1. The maximum absolute atomic E-state index is 12.9. The first-order valence-corrected chi connectivity index (χ1v) is 9.94. The molecule has 0 amide bonds. The largest absolute Gasteiger partial charge is 0.416 e. The molecule has 0 saturated heterocycles. The second-order valence-corrected chi connectivity index (χ2v) is 7.91. The van der Waals surface area contributed by atoms with Crippen LogP contribution in [0.3, 0.4) is 0 Å². The second kappa shape index (κ2) is 8.16. The zero-order valence-electron chi connectivity index (χ0n) is 15.5. The zero-order chi connectivity index (χ0) is 21.9. The van der Waals surface area contributed by atoms with Gasteiger partial charge >= 0.3 is 6.18 Å². The van der Waals surface area contributed by atoms with E-state index in [0.29, 0.717) is 0 Å². The van der Waals surface area contributed by atoms with E-state index < -0.39 is 21.8 Å². The predicted molar refractivity (Wildman–Crippen MR) is 106 cm³/mol. The van der Waals surface area contributed by atoms with Crippen LogP contribution in [0.1, 0.15) is 11.1 Å². The van der Waals surface area contributed by atoms with Gasteiger partial charge in [0.05, 0.1) is 10.5 Å². The highest BCUT2D eigenvalue weighted by atomic mass is 32.2. The lowest BCUT2D eigenvalue weighted by Crippen LogP contribution is -2.30. The summed E-state index contributed by atoms with van der Waals surface area (Å²) in [5.74, 6) is -0.0727. The van der Waals surface area contributed by atoms with Gasteiger partial charge in [0.15, 0.2) is 11.6 Å². The van der Waals surface area contributed by atoms with Crippen molar-refractivity contribution in [2.24, 2.45) is 0 Å². The van der Waals surface area contributed by atoms with Crippen molar-refractivity contribution in [3.63, 3.8) is 0 Å². The van der Waals surface area contributed by atoms with Gasteiger partial charge < -0.3 is 11.1 Å². The molecule has 0 bridgehead atoms. The Morgan fingerprint density at radius 1 is 1.00 bits per heavy atom. The number of aromatic nitrogens is 2. The van der Waals surface area contributed by atoms with Gasteiger partial charge in [-0.05, 0) is 37.3 Å². The minimum absolute atomic E-state index is 0.00126. The zero-order valence-corrected chi connectivity index (χ0v) is 16.3. The molecule has 30 heavy (non-hydrogen) atoms. The van der Waals surface area contributed by atoms with Crippen molar-refractivity contribution in [1.82, 2.24) is 14.8 Å². The molecule has 0 aliphatic carbocycles. The third kappa shape index (κ3) is 4.96. The van der Waals surface area contributed by atoms with Gasteiger partial charge in [-0.3, -0.25) is 5.43 Å². The number of nitrogens with one attached hydrogen (secondary N) is 3. The van der Waals surface area contributed by atoms with Gasteiger partial charge in [-0.1, -0.05) is 23.8 Å². The van der Waals surface area contributed by atoms with Crippen LogP contribution in [-0.4, -0.2) is 18.4 Å². The second-order valence-electron chi connectivity index (χ2n) is 6.23. The minimum Gasteiger partial charge on any atom is -0.393 e. The Kier molecular flexibility index (Phi) is 5.80. The first-order valence-electron chi connectivity index (χ1n) is 8.45. The molecule has 0 radical (unpaired) electrons. The maximum Gasteiger partial charge on any atom is 0.416 e. The van der Waals surface area contributed by atoms with Gasteiger partial charge in [0.2, 0.25) is 0 Å². The molecule has 3 rings (SSSR count). The Hall–Kier alpha value is -3.38. The molecule has 1 heterocycles. The number of hydrogen-bond acceptors (Lipinski definition) is 7. The molecular weight excluding hydrogens is 421 g/mol. The fourth-order valence-electron chi connectivity index (χ4n) is 2.40. The fraction of sp³-hybridized carbons (Fsp3) is 0.111. The Balaban J connectivity index is 1.78. The topological polar surface area (TPSA) is 122 Å². The number of nitrogens with zero attached hydrogens (tertiary/aromatic N) is 2. The number of benzene rings is 2. The summed E-state index contributed by atoms with van der Waals surface area (Å²) in [6.07, 6.45) is -3.43. The summed E-state index contributed by atoms with van der Waals surface area (Å²) >= 11 is 0. The number of hydrogen-bond donors (Lipinski definition) is 4. The van der Waals surface area contributed by atoms with Crippen LogP contribution in [0.2, 0.25) is 0 Å². The number of nitrogens with two attached hydrogens (primary N) is 1.